The number of nitrogen functional groups attached to an aromatic ring is 1. The second kappa shape index (κ2) is 6.59. The van der Waals surface area contributed by atoms with Crippen LogP contribution >= 0.6 is 0 Å². The van der Waals surface area contributed by atoms with Crippen LogP contribution in [0, 0.1) is 11.6 Å². The van der Waals surface area contributed by atoms with E-state index in [1.54, 1.807) is 4.98 Å². The van der Waals surface area contributed by atoms with E-state index in [1.807, 2.05) is 0 Å². The van der Waals surface area contributed by atoms with Crippen LogP contribution in [0.2, 0.25) is 0 Å². The van der Waals surface area contributed by atoms with Crippen LogP contribution in [-0.2, 0) is 0 Å². The van der Waals surface area contributed by atoms with Crippen molar-refractivity contribution >= 4 is 17.8 Å². The van der Waals surface area contributed by atoms with E-state index in [2.05, 4.69) is 4.74 Å². The second-order valence-corrected chi connectivity index (χ2v) is 4.89. The molecule has 0 aliphatic carbocycles. The lowest BCUT2D eigenvalue weighted by atomic mass is 9.94. The molecule has 8 nitrogen and oxygen atoms in total. The summed E-state index contributed by atoms with van der Waals surface area (Å²) in [4.78, 5) is 36.2. The highest BCUT2D eigenvalue weighted by Crippen LogP contribution is 2.36. The van der Waals surface area contributed by atoms with Gasteiger partial charge in [0.25, 0.3) is 5.56 Å². The number of hydrogen-bond acceptors (Lipinski definition) is 5. The summed E-state index contributed by atoms with van der Waals surface area (Å²) < 4.78 is 68.1. The number of ether oxygens (including phenoxy) is 1. The molecule has 0 fully saturated rings. The van der Waals surface area contributed by atoms with Gasteiger partial charge in [0.05, 0.1) is 0 Å². The topological polar surface area (TPSA) is 143 Å². The molecule has 2 aromatic rings. The average Bonchev–Trinajstić information content (AvgIpc) is 2.49. The number of alkyl halides is 3. The predicted octanol–water partition coefficient (Wildman–Crippen LogP) is 2.20. The van der Waals surface area contributed by atoms with Crippen molar-refractivity contribution in [3.63, 3.8) is 0 Å². The molecule has 0 spiro atoms. The third-order valence-electron chi connectivity index (χ3n) is 3.21. The summed E-state index contributed by atoms with van der Waals surface area (Å²) in [5.41, 5.74) is -0.748. The molecule has 1 aromatic heterocycles. The van der Waals surface area contributed by atoms with E-state index < -0.39 is 69.3 Å². The van der Waals surface area contributed by atoms with Crippen LogP contribution in [0.15, 0.2) is 16.9 Å². The zero-order valence-electron chi connectivity index (χ0n) is 12.6. The molecule has 2 rings (SSSR count). The third-order valence-corrected chi connectivity index (χ3v) is 3.21. The van der Waals surface area contributed by atoms with Crippen molar-refractivity contribution in [3.8, 4) is 16.9 Å². The maximum absolute atomic E-state index is 14.3. The van der Waals surface area contributed by atoms with Gasteiger partial charge in [-0.2, -0.15) is 4.39 Å². The van der Waals surface area contributed by atoms with Crippen molar-refractivity contribution in [3.05, 3.63) is 45.2 Å². The lowest BCUT2D eigenvalue weighted by Crippen LogP contribution is -2.24. The van der Waals surface area contributed by atoms with Gasteiger partial charge in [-0.05, 0) is 12.1 Å². The zero-order chi connectivity index (χ0) is 20.7. The van der Waals surface area contributed by atoms with Crippen LogP contribution in [0.25, 0.3) is 11.1 Å². The van der Waals surface area contributed by atoms with Gasteiger partial charge >= 0.3 is 18.3 Å². The molecule has 0 saturated carbocycles. The Kier molecular flexibility index (Phi) is 4.80. The highest BCUT2D eigenvalue weighted by atomic mass is 19.4. The van der Waals surface area contributed by atoms with Crippen molar-refractivity contribution in [1.29, 1.82) is 0 Å². The Morgan fingerprint density at radius 1 is 1.04 bits per heavy atom. The number of hydrogen-bond donors (Lipinski definition) is 4. The molecule has 1 aromatic carbocycles. The number of carboxylic acid groups (broad SMARTS) is 2. The first kappa shape index (κ1) is 19.7. The third kappa shape index (κ3) is 3.65. The van der Waals surface area contributed by atoms with E-state index >= 15 is 0 Å². The number of aromatic carboxylic acids is 2. The van der Waals surface area contributed by atoms with Crippen molar-refractivity contribution in [2.75, 3.05) is 5.73 Å². The molecule has 13 heteroatoms. The number of carbonyl (C=O) groups is 2. The van der Waals surface area contributed by atoms with Gasteiger partial charge in [0.1, 0.15) is 16.9 Å². The molecule has 0 unspecified atom stereocenters. The highest BCUT2D eigenvalue weighted by Gasteiger charge is 2.35. The fraction of sp³-hybridized carbons (Fsp3) is 0.0714. The number of H-pyrrole nitrogens is 1. The summed E-state index contributed by atoms with van der Waals surface area (Å²) in [5.74, 6) is -10.6. The van der Waals surface area contributed by atoms with Crippen molar-refractivity contribution in [1.82, 2.24) is 4.98 Å². The lowest BCUT2D eigenvalue weighted by molar-refractivity contribution is -0.275. The minimum atomic E-state index is -5.36. The summed E-state index contributed by atoms with van der Waals surface area (Å²) in [5, 5.41) is 18.3. The summed E-state index contributed by atoms with van der Waals surface area (Å²) >= 11 is 0. The Morgan fingerprint density at radius 2 is 1.59 bits per heavy atom. The number of rotatable bonds is 4. The second-order valence-electron chi connectivity index (χ2n) is 4.89. The van der Waals surface area contributed by atoms with Crippen LogP contribution in [0.4, 0.5) is 27.8 Å². The molecule has 0 atom stereocenters. The SMILES string of the molecule is Nc1[nH]c(=O)c(C(=O)O)c(-c2ccc(OC(F)(F)F)c(F)c2F)c1C(=O)O. The van der Waals surface area contributed by atoms with E-state index in [-0.39, 0.29) is 6.07 Å². The lowest BCUT2D eigenvalue weighted by Gasteiger charge is -2.15. The van der Waals surface area contributed by atoms with Crippen LogP contribution in [0.3, 0.4) is 0 Å². The maximum Gasteiger partial charge on any atom is 0.573 e. The molecule has 0 aliphatic rings. The van der Waals surface area contributed by atoms with Crippen LogP contribution in [0.1, 0.15) is 20.7 Å². The molecule has 0 aliphatic heterocycles. The van der Waals surface area contributed by atoms with E-state index in [0.717, 1.165) is 0 Å². The molecule has 144 valence electrons. The molecule has 0 radical (unpaired) electrons. The Morgan fingerprint density at radius 3 is 2.07 bits per heavy atom. The summed E-state index contributed by atoms with van der Waals surface area (Å²) in [6, 6.07) is 0.711. The monoisotopic (exact) mass is 394 g/mol. The van der Waals surface area contributed by atoms with Gasteiger partial charge in [0.15, 0.2) is 11.6 Å². The number of aromatic nitrogens is 1. The average molecular weight is 394 g/mol. The number of pyridine rings is 1. The molecule has 0 amide bonds. The quantitative estimate of drug-likeness (QED) is 0.582. The van der Waals surface area contributed by atoms with Crippen molar-refractivity contribution in [2.45, 2.75) is 6.36 Å². The van der Waals surface area contributed by atoms with Crippen molar-refractivity contribution < 1.29 is 46.5 Å². The van der Waals surface area contributed by atoms with E-state index in [1.165, 1.54) is 0 Å². The zero-order valence-corrected chi connectivity index (χ0v) is 12.6. The normalized spacial score (nSPS) is 11.3. The van der Waals surface area contributed by atoms with Gasteiger partial charge in [-0.1, -0.05) is 0 Å². The maximum atomic E-state index is 14.3. The summed E-state index contributed by atoms with van der Waals surface area (Å²) in [7, 11) is 0. The van der Waals surface area contributed by atoms with Gasteiger partial charge in [-0.25, -0.2) is 14.0 Å². The Bertz CT molecular complexity index is 1010. The van der Waals surface area contributed by atoms with Gasteiger partial charge in [-0.15, -0.1) is 13.2 Å². The van der Waals surface area contributed by atoms with Gasteiger partial charge in [-0.3, -0.25) is 4.79 Å². The largest absolute Gasteiger partial charge is 0.573 e. The standard InChI is InChI=1S/C14H7F5N2O6/c15-8-3(1-2-4(9(8)16)27-14(17,18)19)5-6(12(23)24)10(20)21-11(22)7(5)13(25)26/h1-2H,(H,23,24)(H,25,26)(H3,20,21,22). The first-order chi connectivity index (χ1) is 12.3. The first-order valence-electron chi connectivity index (χ1n) is 6.61. The number of halogens is 5. The molecular weight excluding hydrogens is 387 g/mol. The molecule has 1 heterocycles. The Hall–Kier alpha value is -3.64. The smallest absolute Gasteiger partial charge is 0.478 e. The van der Waals surface area contributed by atoms with E-state index in [4.69, 9.17) is 10.8 Å². The summed E-state index contributed by atoms with van der Waals surface area (Å²) in [6.07, 6.45) is -5.36. The highest BCUT2D eigenvalue weighted by molar-refractivity contribution is 6.07. The molecule has 0 bridgehead atoms. The Balaban J connectivity index is 2.90. The predicted molar refractivity (Wildman–Crippen MR) is 77.4 cm³/mol. The van der Waals surface area contributed by atoms with E-state index in [9.17, 15) is 41.4 Å². The summed E-state index contributed by atoms with van der Waals surface area (Å²) in [6.45, 7) is 0. The fourth-order valence-corrected chi connectivity index (χ4v) is 2.24. The van der Waals surface area contributed by atoms with Crippen LogP contribution in [0.5, 0.6) is 5.75 Å². The number of nitrogens with one attached hydrogen (secondary N) is 1. The number of aromatic amines is 1. The minimum Gasteiger partial charge on any atom is -0.478 e. The molecule has 27 heavy (non-hydrogen) atoms. The number of anilines is 1. The van der Waals surface area contributed by atoms with Crippen molar-refractivity contribution in [2.24, 2.45) is 0 Å². The number of nitrogens with two attached hydrogens (primary N) is 1. The van der Waals surface area contributed by atoms with Gasteiger partial charge < -0.3 is 25.7 Å². The van der Waals surface area contributed by atoms with Crippen LogP contribution in [-0.4, -0.2) is 33.5 Å². The Labute approximate surface area is 144 Å². The molecule has 0 saturated heterocycles. The number of benzene rings is 1. The van der Waals surface area contributed by atoms with Gasteiger partial charge in [0.2, 0.25) is 5.82 Å². The molecule has 5 N–H and O–H groups in total. The fourth-order valence-electron chi connectivity index (χ4n) is 2.24. The minimum absolute atomic E-state index is 0.288. The number of carboxylic acids is 2. The molecular formula is C14H7F5N2O6. The first-order valence-corrected chi connectivity index (χ1v) is 6.61. The van der Waals surface area contributed by atoms with E-state index in [0.29, 0.717) is 6.07 Å². The van der Waals surface area contributed by atoms with Gasteiger partial charge in [0, 0.05) is 11.1 Å². The van der Waals surface area contributed by atoms with Crippen LogP contribution < -0.4 is 16.0 Å².